The van der Waals surface area contributed by atoms with Gasteiger partial charge in [0.1, 0.15) is 0 Å². The van der Waals surface area contributed by atoms with Crippen LogP contribution in [0.4, 0.5) is 0 Å². The first-order valence-electron chi connectivity index (χ1n) is 7.17. The highest BCUT2D eigenvalue weighted by atomic mass is 32.2. The SMILES string of the molecule is C/C(=C\C(=O)N[C@@H]1CCS(=O)(=O)C1)CCc1ccccc1. The van der Waals surface area contributed by atoms with Gasteiger partial charge in [0.05, 0.1) is 11.5 Å². The zero-order valence-electron chi connectivity index (χ0n) is 12.2. The van der Waals surface area contributed by atoms with Crippen LogP contribution in [-0.2, 0) is 21.1 Å². The van der Waals surface area contributed by atoms with Crippen molar-refractivity contribution in [2.75, 3.05) is 11.5 Å². The summed E-state index contributed by atoms with van der Waals surface area (Å²) in [7, 11) is -2.95. The fraction of sp³-hybridized carbons (Fsp3) is 0.438. The number of rotatable bonds is 5. The molecule has 5 heteroatoms. The number of hydrogen-bond acceptors (Lipinski definition) is 3. The van der Waals surface area contributed by atoms with Crippen molar-refractivity contribution in [1.29, 1.82) is 0 Å². The summed E-state index contributed by atoms with van der Waals surface area (Å²) in [4.78, 5) is 11.8. The molecule has 1 aliphatic rings. The smallest absolute Gasteiger partial charge is 0.244 e. The second-order valence-corrected chi connectivity index (χ2v) is 7.81. The van der Waals surface area contributed by atoms with Crippen molar-refractivity contribution >= 4 is 15.7 Å². The second-order valence-electron chi connectivity index (χ2n) is 5.58. The molecular formula is C16H21NO3S. The fourth-order valence-electron chi connectivity index (χ4n) is 2.43. The van der Waals surface area contributed by atoms with E-state index in [4.69, 9.17) is 0 Å². The minimum Gasteiger partial charge on any atom is -0.349 e. The predicted octanol–water partition coefficient (Wildman–Crippen LogP) is 1.87. The molecule has 2 rings (SSSR count). The quantitative estimate of drug-likeness (QED) is 0.845. The van der Waals surface area contributed by atoms with Crippen LogP contribution in [0.2, 0.25) is 0 Å². The lowest BCUT2D eigenvalue weighted by Gasteiger charge is -2.09. The lowest BCUT2D eigenvalue weighted by molar-refractivity contribution is -0.117. The first kappa shape index (κ1) is 15.8. The van der Waals surface area contributed by atoms with Crippen molar-refractivity contribution in [3.05, 3.63) is 47.5 Å². The molecular weight excluding hydrogens is 286 g/mol. The summed E-state index contributed by atoms with van der Waals surface area (Å²) in [6.45, 7) is 1.92. The number of carbonyl (C=O) groups excluding carboxylic acids is 1. The van der Waals surface area contributed by atoms with E-state index in [9.17, 15) is 13.2 Å². The van der Waals surface area contributed by atoms with Gasteiger partial charge in [-0.1, -0.05) is 35.9 Å². The Morgan fingerprint density at radius 2 is 2.05 bits per heavy atom. The molecule has 1 aromatic rings. The van der Waals surface area contributed by atoms with Crippen LogP contribution in [0.1, 0.15) is 25.3 Å². The number of carbonyl (C=O) groups is 1. The van der Waals surface area contributed by atoms with Crippen molar-refractivity contribution in [2.45, 2.75) is 32.2 Å². The molecule has 0 aromatic heterocycles. The summed E-state index contributed by atoms with van der Waals surface area (Å²) in [6.07, 6.45) is 3.81. The molecule has 0 radical (unpaired) electrons. The number of hydrogen-bond donors (Lipinski definition) is 1. The molecule has 0 spiro atoms. The number of benzene rings is 1. The largest absolute Gasteiger partial charge is 0.349 e. The summed E-state index contributed by atoms with van der Waals surface area (Å²) < 4.78 is 22.7. The molecule has 114 valence electrons. The van der Waals surface area contributed by atoms with Crippen molar-refractivity contribution in [3.8, 4) is 0 Å². The Bertz CT molecular complexity index is 620. The third kappa shape index (κ3) is 5.34. The third-order valence-electron chi connectivity index (χ3n) is 3.61. The Kier molecular flexibility index (Phi) is 5.17. The molecule has 1 saturated heterocycles. The second kappa shape index (κ2) is 6.89. The Morgan fingerprint density at radius 3 is 2.67 bits per heavy atom. The summed E-state index contributed by atoms with van der Waals surface area (Å²) in [6, 6.07) is 9.88. The fourth-order valence-corrected chi connectivity index (χ4v) is 4.11. The summed E-state index contributed by atoms with van der Waals surface area (Å²) in [5.74, 6) is 0.0484. The first-order valence-corrected chi connectivity index (χ1v) is 8.99. The van der Waals surface area contributed by atoms with Gasteiger partial charge in [-0.25, -0.2) is 8.42 Å². The Hall–Kier alpha value is -1.62. The van der Waals surface area contributed by atoms with Crippen LogP contribution in [-0.4, -0.2) is 31.9 Å². The number of nitrogens with one attached hydrogen (secondary N) is 1. The maximum Gasteiger partial charge on any atom is 0.244 e. The van der Waals surface area contributed by atoms with Gasteiger partial charge in [-0.3, -0.25) is 4.79 Å². The number of aryl methyl sites for hydroxylation is 1. The lowest BCUT2D eigenvalue weighted by Crippen LogP contribution is -2.34. The van der Waals surface area contributed by atoms with E-state index < -0.39 is 9.84 Å². The van der Waals surface area contributed by atoms with Crippen LogP contribution in [0.15, 0.2) is 42.0 Å². The first-order chi connectivity index (χ1) is 9.94. The van der Waals surface area contributed by atoms with Crippen LogP contribution in [0.25, 0.3) is 0 Å². The zero-order chi connectivity index (χ0) is 15.3. The monoisotopic (exact) mass is 307 g/mol. The Morgan fingerprint density at radius 1 is 1.33 bits per heavy atom. The van der Waals surface area contributed by atoms with Crippen molar-refractivity contribution in [3.63, 3.8) is 0 Å². The van der Waals surface area contributed by atoms with Crippen LogP contribution in [0, 0.1) is 0 Å². The van der Waals surface area contributed by atoms with E-state index in [0.29, 0.717) is 6.42 Å². The maximum absolute atomic E-state index is 11.8. The van der Waals surface area contributed by atoms with Gasteiger partial charge >= 0.3 is 0 Å². The number of allylic oxidation sites excluding steroid dienone is 1. The molecule has 1 amide bonds. The van der Waals surface area contributed by atoms with Crippen molar-refractivity contribution in [2.24, 2.45) is 0 Å². The van der Waals surface area contributed by atoms with E-state index in [0.717, 1.165) is 18.4 Å². The predicted molar refractivity (Wildman–Crippen MR) is 83.7 cm³/mol. The average molecular weight is 307 g/mol. The molecule has 0 unspecified atom stereocenters. The van der Waals surface area contributed by atoms with E-state index in [2.05, 4.69) is 17.4 Å². The van der Waals surface area contributed by atoms with Crippen LogP contribution in [0.5, 0.6) is 0 Å². The van der Waals surface area contributed by atoms with Gasteiger partial charge in [-0.2, -0.15) is 0 Å². The van der Waals surface area contributed by atoms with Gasteiger partial charge in [-0.05, 0) is 31.7 Å². The topological polar surface area (TPSA) is 63.2 Å². The van der Waals surface area contributed by atoms with E-state index in [-0.39, 0.29) is 23.5 Å². The summed E-state index contributed by atoms with van der Waals surface area (Å²) >= 11 is 0. The van der Waals surface area contributed by atoms with E-state index >= 15 is 0 Å². The van der Waals surface area contributed by atoms with Crippen molar-refractivity contribution in [1.82, 2.24) is 5.32 Å². The van der Waals surface area contributed by atoms with Gasteiger partial charge in [0.15, 0.2) is 9.84 Å². The Balaban J connectivity index is 1.80. The third-order valence-corrected chi connectivity index (χ3v) is 5.38. The van der Waals surface area contributed by atoms with Gasteiger partial charge in [0.2, 0.25) is 5.91 Å². The number of amides is 1. The van der Waals surface area contributed by atoms with Gasteiger partial charge < -0.3 is 5.32 Å². The molecule has 1 N–H and O–H groups in total. The molecule has 1 aromatic carbocycles. The molecule has 1 aliphatic heterocycles. The zero-order valence-corrected chi connectivity index (χ0v) is 13.0. The van der Waals surface area contributed by atoms with Crippen LogP contribution >= 0.6 is 0 Å². The summed E-state index contributed by atoms with van der Waals surface area (Å²) in [5, 5.41) is 2.77. The molecule has 1 heterocycles. The molecule has 0 saturated carbocycles. The average Bonchev–Trinajstić information content (AvgIpc) is 2.76. The van der Waals surface area contributed by atoms with Gasteiger partial charge in [0, 0.05) is 12.1 Å². The molecule has 1 atom stereocenters. The van der Waals surface area contributed by atoms with Gasteiger partial charge in [-0.15, -0.1) is 0 Å². The highest BCUT2D eigenvalue weighted by molar-refractivity contribution is 7.91. The van der Waals surface area contributed by atoms with E-state index in [1.165, 1.54) is 5.56 Å². The standard InChI is InChI=1S/C16H21NO3S/c1-13(7-8-14-5-3-2-4-6-14)11-16(18)17-15-9-10-21(19,20)12-15/h2-6,11,15H,7-10,12H2,1H3,(H,17,18)/b13-11+/t15-/m1/s1. The minimum atomic E-state index is -2.95. The number of sulfone groups is 1. The van der Waals surface area contributed by atoms with Gasteiger partial charge in [0.25, 0.3) is 0 Å². The van der Waals surface area contributed by atoms with Crippen LogP contribution < -0.4 is 5.32 Å². The molecule has 1 fully saturated rings. The normalized spacial score (nSPS) is 21.2. The summed E-state index contributed by atoms with van der Waals surface area (Å²) in [5.41, 5.74) is 2.24. The van der Waals surface area contributed by atoms with Crippen LogP contribution in [0.3, 0.4) is 0 Å². The molecule has 21 heavy (non-hydrogen) atoms. The highest BCUT2D eigenvalue weighted by Crippen LogP contribution is 2.12. The minimum absolute atomic E-state index is 0.0651. The Labute approximate surface area is 126 Å². The maximum atomic E-state index is 11.8. The molecule has 0 bridgehead atoms. The van der Waals surface area contributed by atoms with Crippen molar-refractivity contribution < 1.29 is 13.2 Å². The molecule has 4 nitrogen and oxygen atoms in total. The highest BCUT2D eigenvalue weighted by Gasteiger charge is 2.28. The lowest BCUT2D eigenvalue weighted by atomic mass is 10.1. The molecule has 0 aliphatic carbocycles. The van der Waals surface area contributed by atoms with E-state index in [1.54, 1.807) is 6.08 Å². The van der Waals surface area contributed by atoms with E-state index in [1.807, 2.05) is 25.1 Å².